The number of aromatic nitrogens is 2. The topological polar surface area (TPSA) is 65.9 Å². The minimum atomic E-state index is -0.187. The van der Waals surface area contributed by atoms with Crippen LogP contribution in [0.1, 0.15) is 63.8 Å². The minimum absolute atomic E-state index is 0. The quantitative estimate of drug-likeness (QED) is 0.101. The van der Waals surface area contributed by atoms with E-state index < -0.39 is 0 Å². The summed E-state index contributed by atoms with van der Waals surface area (Å²) in [6, 6.07) is 58.1. The van der Waals surface area contributed by atoms with Crippen LogP contribution in [0.5, 0.6) is 0 Å². The van der Waals surface area contributed by atoms with E-state index in [-0.39, 0.29) is 42.5 Å². The van der Waals surface area contributed by atoms with E-state index in [1.807, 2.05) is 24.3 Å². The zero-order valence-corrected chi connectivity index (χ0v) is 35.9. The van der Waals surface area contributed by atoms with Crippen molar-refractivity contribution in [1.29, 1.82) is 0 Å². The van der Waals surface area contributed by atoms with Gasteiger partial charge >= 0.3 is 20.1 Å². The van der Waals surface area contributed by atoms with Gasteiger partial charge in [0.1, 0.15) is 0 Å². The Labute approximate surface area is 354 Å². The Balaban J connectivity index is 0.000000150. The molecule has 0 fully saturated rings. The minimum Gasteiger partial charge on any atom is -0.876 e. The first-order chi connectivity index (χ1) is 27.4. The van der Waals surface area contributed by atoms with E-state index in [1.54, 1.807) is 0 Å². The van der Waals surface area contributed by atoms with Crippen molar-refractivity contribution in [1.82, 2.24) is 9.97 Å². The van der Waals surface area contributed by atoms with Crippen molar-refractivity contribution in [3.63, 3.8) is 0 Å². The van der Waals surface area contributed by atoms with Gasteiger partial charge in [-0.1, -0.05) is 166 Å². The van der Waals surface area contributed by atoms with Gasteiger partial charge in [0.25, 0.3) is 0 Å². The summed E-state index contributed by atoms with van der Waals surface area (Å²) in [5, 5.41) is 12.3. The zero-order valence-electron chi connectivity index (χ0n) is 33.5. The van der Waals surface area contributed by atoms with Crippen LogP contribution in [-0.4, -0.2) is 15.8 Å². The number of rotatable bonds is 3. The third kappa shape index (κ3) is 7.56. The van der Waals surface area contributed by atoms with Gasteiger partial charge in [0.2, 0.25) is 0 Å². The number of allylic oxidation sites excluding steroid dienone is 2. The molecule has 2 heterocycles. The molecule has 286 valence electrons. The Bertz CT molecular complexity index is 2680. The molecule has 0 bridgehead atoms. The molecule has 0 aliphatic heterocycles. The number of fused-ring (bicyclic) bond motifs is 8. The van der Waals surface area contributed by atoms with Crippen molar-refractivity contribution < 1.29 is 30.0 Å². The molecule has 5 heteroatoms. The molecule has 8 aromatic rings. The normalized spacial score (nSPS) is 13.7. The summed E-state index contributed by atoms with van der Waals surface area (Å²) in [6.07, 6.45) is 1.06. The maximum atomic E-state index is 9.98. The fourth-order valence-electron chi connectivity index (χ4n) is 8.29. The van der Waals surface area contributed by atoms with Crippen molar-refractivity contribution in [3.8, 4) is 44.8 Å². The van der Waals surface area contributed by atoms with Gasteiger partial charge in [-0.25, -0.2) is 0 Å². The zero-order chi connectivity index (χ0) is 39.9. The summed E-state index contributed by atoms with van der Waals surface area (Å²) >= 11 is 0. The largest absolute Gasteiger partial charge is 3.00 e. The monoisotopic (exact) mass is 932 g/mol. The Morgan fingerprint density at radius 2 is 0.931 bits per heavy atom. The first-order valence-electron chi connectivity index (χ1n) is 19.3. The molecule has 10 rings (SSSR count). The smallest absolute Gasteiger partial charge is 0.876 e. The summed E-state index contributed by atoms with van der Waals surface area (Å²) in [6.45, 7) is 11.9. The molecule has 0 amide bonds. The Hall–Kier alpha value is -6.00. The number of nitrogens with zero attached hydrogens (tertiary/aromatic N) is 2. The van der Waals surface area contributed by atoms with Crippen LogP contribution in [-0.2, 0) is 35.7 Å². The van der Waals surface area contributed by atoms with Crippen LogP contribution in [0.4, 0.5) is 0 Å². The van der Waals surface area contributed by atoms with Gasteiger partial charge in [0.05, 0.1) is 11.0 Å². The van der Waals surface area contributed by atoms with E-state index in [0.717, 1.165) is 39.6 Å². The maximum Gasteiger partial charge on any atom is 3.00 e. The van der Waals surface area contributed by atoms with Crippen molar-refractivity contribution in [2.24, 2.45) is 0 Å². The number of hydrogen-bond donors (Lipinski definition) is 0. The molecule has 6 aromatic carbocycles. The number of hydrogen-bond acceptors (Lipinski definition) is 4. The molecule has 0 saturated carbocycles. The summed E-state index contributed by atoms with van der Waals surface area (Å²) in [7, 11) is 0. The van der Waals surface area contributed by atoms with E-state index in [4.69, 9.17) is 9.97 Å². The SMILES string of the molecule is CC(=O)/C=C(/C)[O-].CC1(C)c2ccccc2-c2c[c-]c(-c3ccc4ccccc4n3)cc21.CC1(C)c2ccccc2-c2c[c-]c(-c3ccc4ccccc4n3)cc21.[Ir+3]. The van der Waals surface area contributed by atoms with Crippen LogP contribution >= 0.6 is 0 Å². The second-order valence-electron chi connectivity index (χ2n) is 15.8. The molecule has 0 N–H and O–H groups in total. The standard InChI is InChI=1S/2C24H18N.C5H8O2.Ir/c2*1-24(2)20-9-5-4-8-18(20)19-13-11-17(15-21(19)24)23-14-12-16-7-3-6-10-22(16)25-23;1-4(6)3-5(2)7;/h2*3-10,12-15H,1-2H3;3,6H,1-2H3;/q2*-1;;+3/p-1/b;;4-3-;. The number of para-hydroxylation sites is 2. The molecule has 58 heavy (non-hydrogen) atoms. The van der Waals surface area contributed by atoms with Gasteiger partial charge in [-0.3, -0.25) is 14.8 Å². The molecule has 0 radical (unpaired) electrons. The van der Waals surface area contributed by atoms with Gasteiger partial charge in [-0.05, 0) is 69.2 Å². The number of ketones is 1. The molecule has 0 saturated heterocycles. The van der Waals surface area contributed by atoms with E-state index in [2.05, 4.69) is 161 Å². The molecular formula is C53H43IrN2O2. The average Bonchev–Trinajstić information content (AvgIpc) is 3.59. The number of pyridine rings is 2. The van der Waals surface area contributed by atoms with Gasteiger partial charge < -0.3 is 5.11 Å². The Kier molecular flexibility index (Phi) is 11.2. The van der Waals surface area contributed by atoms with E-state index in [9.17, 15) is 9.90 Å². The molecule has 0 unspecified atom stereocenters. The molecule has 2 aliphatic rings. The van der Waals surface area contributed by atoms with Crippen LogP contribution in [0.3, 0.4) is 0 Å². The molecule has 2 aliphatic carbocycles. The Morgan fingerprint density at radius 1 is 0.534 bits per heavy atom. The van der Waals surface area contributed by atoms with Crippen LogP contribution in [0.25, 0.3) is 66.6 Å². The van der Waals surface area contributed by atoms with Gasteiger partial charge in [-0.15, -0.1) is 64.4 Å². The summed E-state index contributed by atoms with van der Waals surface area (Å²) in [5.74, 6) is -0.375. The van der Waals surface area contributed by atoms with Gasteiger partial charge in [0.15, 0.2) is 5.78 Å². The van der Waals surface area contributed by atoms with Crippen LogP contribution in [0.2, 0.25) is 0 Å². The third-order valence-corrected chi connectivity index (χ3v) is 11.2. The van der Waals surface area contributed by atoms with Crippen LogP contribution in [0.15, 0.2) is 157 Å². The van der Waals surface area contributed by atoms with Crippen LogP contribution in [0, 0.1) is 12.1 Å². The molecule has 0 spiro atoms. The molecule has 0 atom stereocenters. The van der Waals surface area contributed by atoms with Crippen molar-refractivity contribution in [2.45, 2.75) is 52.4 Å². The van der Waals surface area contributed by atoms with Crippen molar-refractivity contribution in [3.05, 3.63) is 192 Å². The molecular weight excluding hydrogens is 889 g/mol. The number of carbonyl (C=O) groups excluding carboxylic acids is 1. The number of benzene rings is 6. The van der Waals surface area contributed by atoms with Gasteiger partial charge in [0, 0.05) is 0 Å². The van der Waals surface area contributed by atoms with E-state index in [0.29, 0.717) is 0 Å². The summed E-state index contributed by atoms with van der Waals surface area (Å²) in [5.41, 5.74) is 16.9. The number of carbonyl (C=O) groups is 1. The molecule has 2 aromatic heterocycles. The van der Waals surface area contributed by atoms with Gasteiger partial charge in [-0.2, -0.15) is 0 Å². The predicted molar refractivity (Wildman–Crippen MR) is 232 cm³/mol. The molecule has 4 nitrogen and oxygen atoms in total. The fraction of sp³-hybridized carbons (Fsp3) is 0.151. The maximum absolute atomic E-state index is 9.98. The van der Waals surface area contributed by atoms with E-state index in [1.165, 1.54) is 69.1 Å². The fourth-order valence-corrected chi connectivity index (χ4v) is 8.29. The Morgan fingerprint density at radius 3 is 1.33 bits per heavy atom. The second kappa shape index (κ2) is 16.1. The van der Waals surface area contributed by atoms with E-state index >= 15 is 0 Å². The second-order valence-corrected chi connectivity index (χ2v) is 15.8. The third-order valence-electron chi connectivity index (χ3n) is 11.2. The first-order valence-corrected chi connectivity index (χ1v) is 19.3. The first kappa shape index (κ1) is 40.2. The average molecular weight is 932 g/mol. The van der Waals surface area contributed by atoms with Crippen LogP contribution < -0.4 is 5.11 Å². The summed E-state index contributed by atoms with van der Waals surface area (Å²) in [4.78, 5) is 19.7. The predicted octanol–water partition coefficient (Wildman–Crippen LogP) is 11.9. The van der Waals surface area contributed by atoms with Crippen molar-refractivity contribution >= 4 is 27.6 Å². The van der Waals surface area contributed by atoms with Crippen molar-refractivity contribution in [2.75, 3.05) is 0 Å². The summed E-state index contributed by atoms with van der Waals surface area (Å²) < 4.78 is 0.